The van der Waals surface area contributed by atoms with Crippen molar-refractivity contribution in [2.45, 2.75) is 25.6 Å². The minimum absolute atomic E-state index is 0.0695. The molecule has 0 spiro atoms. The van der Waals surface area contributed by atoms with E-state index in [1.165, 1.54) is 24.3 Å². The topological polar surface area (TPSA) is 61.8 Å². The number of cyclic esters (lactones) is 1. The maximum Gasteiger partial charge on any atom is 0.392 e. The van der Waals surface area contributed by atoms with E-state index in [0.29, 0.717) is 0 Å². The molecule has 6 heteroatoms. The Kier molecular flexibility index (Phi) is 3.69. The van der Waals surface area contributed by atoms with Crippen molar-refractivity contribution in [1.82, 2.24) is 0 Å². The molecule has 1 heterocycles. The molecule has 0 N–H and O–H groups in total. The van der Waals surface area contributed by atoms with Crippen LogP contribution in [0, 0.1) is 5.82 Å². The Hall–Kier alpha value is -2.11. The largest absolute Gasteiger partial charge is 0.460 e. The van der Waals surface area contributed by atoms with Crippen LogP contribution in [0.4, 0.5) is 4.39 Å². The highest BCUT2D eigenvalue weighted by molar-refractivity contribution is 5.85. The Morgan fingerprint density at radius 1 is 1.42 bits per heavy atom. The van der Waals surface area contributed by atoms with E-state index in [9.17, 15) is 14.0 Å². The molecule has 102 valence electrons. The number of carbonyl (C=O) groups is 2. The van der Waals surface area contributed by atoms with Crippen LogP contribution in [0.5, 0.6) is 5.75 Å². The molecular weight excluding hydrogens is 255 g/mol. The molecule has 1 atom stereocenters. The van der Waals surface area contributed by atoms with Gasteiger partial charge in [-0.05, 0) is 31.2 Å². The Labute approximate surface area is 109 Å². The molecule has 1 fully saturated rings. The predicted molar refractivity (Wildman–Crippen MR) is 61.7 cm³/mol. The van der Waals surface area contributed by atoms with Crippen LogP contribution < -0.4 is 4.74 Å². The van der Waals surface area contributed by atoms with Crippen molar-refractivity contribution >= 4 is 11.9 Å². The highest BCUT2D eigenvalue weighted by atomic mass is 19.1. The van der Waals surface area contributed by atoms with E-state index < -0.39 is 23.5 Å². The summed E-state index contributed by atoms with van der Waals surface area (Å²) in [5, 5.41) is 0. The predicted octanol–water partition coefficient (Wildman–Crippen LogP) is 1.80. The average molecular weight is 268 g/mol. The number of esters is 2. The molecule has 0 radical (unpaired) electrons. The van der Waals surface area contributed by atoms with Gasteiger partial charge in [0, 0.05) is 6.42 Å². The summed E-state index contributed by atoms with van der Waals surface area (Å²) in [7, 11) is 0. The number of hydrogen-bond acceptors (Lipinski definition) is 5. The summed E-state index contributed by atoms with van der Waals surface area (Å²) in [6.07, 6.45) is 0.141. The van der Waals surface area contributed by atoms with Gasteiger partial charge < -0.3 is 14.2 Å². The lowest BCUT2D eigenvalue weighted by Crippen LogP contribution is -2.45. The third-order valence-corrected chi connectivity index (χ3v) is 2.62. The zero-order valence-electron chi connectivity index (χ0n) is 10.3. The molecule has 0 bridgehead atoms. The highest BCUT2D eigenvalue weighted by Crippen LogP contribution is 2.31. The minimum Gasteiger partial charge on any atom is -0.460 e. The van der Waals surface area contributed by atoms with Crippen LogP contribution in [-0.2, 0) is 19.1 Å². The quantitative estimate of drug-likeness (QED) is 0.779. The summed E-state index contributed by atoms with van der Waals surface area (Å²) in [4.78, 5) is 23.1. The van der Waals surface area contributed by atoms with E-state index in [4.69, 9.17) is 14.2 Å². The van der Waals surface area contributed by atoms with Crippen molar-refractivity contribution in [3.05, 3.63) is 30.1 Å². The van der Waals surface area contributed by atoms with E-state index in [1.807, 2.05) is 0 Å². The fourth-order valence-corrected chi connectivity index (χ4v) is 1.74. The fraction of sp³-hybridized carbons (Fsp3) is 0.385. The average Bonchev–Trinajstić information content (AvgIpc) is 2.75. The van der Waals surface area contributed by atoms with Gasteiger partial charge in [0.25, 0.3) is 0 Å². The van der Waals surface area contributed by atoms with Gasteiger partial charge in [-0.2, -0.15) is 0 Å². The van der Waals surface area contributed by atoms with E-state index in [1.54, 1.807) is 6.92 Å². The lowest BCUT2D eigenvalue weighted by atomic mass is 10.2. The first-order valence-corrected chi connectivity index (χ1v) is 5.89. The summed E-state index contributed by atoms with van der Waals surface area (Å²) in [5.74, 6) is -3.25. The number of hydrogen-bond donors (Lipinski definition) is 0. The van der Waals surface area contributed by atoms with Crippen LogP contribution in [0.15, 0.2) is 24.3 Å². The third-order valence-electron chi connectivity index (χ3n) is 2.62. The Bertz CT molecular complexity index is 484. The summed E-state index contributed by atoms with van der Waals surface area (Å²) >= 11 is 0. The summed E-state index contributed by atoms with van der Waals surface area (Å²) in [5.41, 5.74) is 0. The van der Waals surface area contributed by atoms with E-state index in [0.717, 1.165) is 0 Å². The van der Waals surface area contributed by atoms with Crippen LogP contribution in [0.3, 0.4) is 0 Å². The molecule has 0 saturated carbocycles. The third kappa shape index (κ3) is 2.83. The molecule has 0 unspecified atom stereocenters. The van der Waals surface area contributed by atoms with E-state index in [-0.39, 0.29) is 25.2 Å². The second kappa shape index (κ2) is 5.26. The van der Waals surface area contributed by atoms with Gasteiger partial charge in [0.2, 0.25) is 0 Å². The van der Waals surface area contributed by atoms with Crippen LogP contribution in [-0.4, -0.2) is 24.3 Å². The minimum atomic E-state index is -1.76. The van der Waals surface area contributed by atoms with Crippen LogP contribution in [0.2, 0.25) is 0 Å². The van der Waals surface area contributed by atoms with Crippen LogP contribution in [0.1, 0.15) is 19.8 Å². The van der Waals surface area contributed by atoms with Gasteiger partial charge in [0.1, 0.15) is 11.6 Å². The molecule has 5 nitrogen and oxygen atoms in total. The standard InChI is InChI=1S/C13H13FO5/c1-2-17-12(16)13(8-7-11(15)19-13)18-10-5-3-9(14)4-6-10/h3-6H,2,7-8H2,1H3/t13-/m1/s1. The first-order chi connectivity index (χ1) is 9.05. The summed E-state index contributed by atoms with van der Waals surface area (Å²) in [6.45, 7) is 1.78. The van der Waals surface area contributed by atoms with Crippen LogP contribution in [0.25, 0.3) is 0 Å². The molecule has 1 saturated heterocycles. The molecule has 0 aliphatic carbocycles. The van der Waals surface area contributed by atoms with E-state index in [2.05, 4.69) is 0 Å². The molecular formula is C13H13FO5. The lowest BCUT2D eigenvalue weighted by molar-refractivity contribution is -0.206. The SMILES string of the molecule is CCOC(=O)[C@@]1(Oc2ccc(F)cc2)CCC(=O)O1. The molecule has 0 amide bonds. The smallest absolute Gasteiger partial charge is 0.392 e. The first-order valence-electron chi connectivity index (χ1n) is 5.89. The number of halogens is 1. The maximum absolute atomic E-state index is 12.8. The highest BCUT2D eigenvalue weighted by Gasteiger charge is 2.51. The van der Waals surface area contributed by atoms with Gasteiger partial charge in [-0.1, -0.05) is 0 Å². The number of benzene rings is 1. The van der Waals surface area contributed by atoms with Crippen molar-refractivity contribution in [2.24, 2.45) is 0 Å². The van der Waals surface area contributed by atoms with Gasteiger partial charge >= 0.3 is 17.7 Å². The number of carbonyl (C=O) groups excluding carboxylic acids is 2. The Morgan fingerprint density at radius 3 is 2.63 bits per heavy atom. The second-order valence-corrected chi connectivity index (χ2v) is 4.00. The van der Waals surface area contributed by atoms with E-state index >= 15 is 0 Å². The maximum atomic E-state index is 12.8. The van der Waals surface area contributed by atoms with Gasteiger partial charge in [-0.25, -0.2) is 9.18 Å². The van der Waals surface area contributed by atoms with Crippen molar-refractivity contribution in [3.8, 4) is 5.75 Å². The van der Waals surface area contributed by atoms with Gasteiger partial charge in [0.15, 0.2) is 0 Å². The van der Waals surface area contributed by atoms with Gasteiger partial charge in [-0.3, -0.25) is 4.79 Å². The first kappa shape index (κ1) is 13.3. The second-order valence-electron chi connectivity index (χ2n) is 4.00. The number of ether oxygens (including phenoxy) is 3. The van der Waals surface area contributed by atoms with Crippen LogP contribution >= 0.6 is 0 Å². The lowest BCUT2D eigenvalue weighted by Gasteiger charge is -2.25. The molecule has 1 aliphatic rings. The zero-order chi connectivity index (χ0) is 13.9. The van der Waals surface area contributed by atoms with Crippen molar-refractivity contribution in [1.29, 1.82) is 0 Å². The molecule has 1 aliphatic heterocycles. The normalized spacial score (nSPS) is 21.9. The van der Waals surface area contributed by atoms with Crippen molar-refractivity contribution < 1.29 is 28.2 Å². The van der Waals surface area contributed by atoms with Gasteiger partial charge in [0.05, 0.1) is 13.0 Å². The molecule has 0 aromatic heterocycles. The molecule has 1 aromatic rings. The Balaban J connectivity index is 2.21. The Morgan fingerprint density at radius 2 is 2.11 bits per heavy atom. The monoisotopic (exact) mass is 268 g/mol. The van der Waals surface area contributed by atoms with Gasteiger partial charge in [-0.15, -0.1) is 0 Å². The molecule has 19 heavy (non-hydrogen) atoms. The molecule has 2 rings (SSSR count). The van der Waals surface area contributed by atoms with Crippen molar-refractivity contribution in [3.63, 3.8) is 0 Å². The summed E-state index contributed by atoms with van der Waals surface area (Å²) in [6, 6.07) is 5.07. The number of rotatable bonds is 4. The summed E-state index contributed by atoms with van der Waals surface area (Å²) < 4.78 is 28.0. The van der Waals surface area contributed by atoms with Crippen molar-refractivity contribution in [2.75, 3.05) is 6.61 Å². The zero-order valence-corrected chi connectivity index (χ0v) is 10.3. The molecule has 1 aromatic carbocycles. The fourth-order valence-electron chi connectivity index (χ4n) is 1.74.